The van der Waals surface area contributed by atoms with E-state index in [2.05, 4.69) is 17.6 Å². The lowest BCUT2D eigenvalue weighted by Gasteiger charge is -2.23. The normalized spacial score (nSPS) is 18.7. The Balaban J connectivity index is 1.95. The Labute approximate surface area is 137 Å². The van der Waals surface area contributed by atoms with Crippen molar-refractivity contribution in [2.75, 3.05) is 6.54 Å². The summed E-state index contributed by atoms with van der Waals surface area (Å²) in [7, 11) is 0. The number of hydrogen-bond acceptors (Lipinski definition) is 2. The van der Waals surface area contributed by atoms with Crippen LogP contribution in [0.25, 0.3) is 11.0 Å². The van der Waals surface area contributed by atoms with Crippen molar-refractivity contribution in [3.8, 4) is 0 Å². The quantitative estimate of drug-likeness (QED) is 0.635. The third kappa shape index (κ3) is 2.93. The zero-order valence-corrected chi connectivity index (χ0v) is 13.8. The monoisotopic (exact) mass is 309 g/mol. The Hall–Kier alpha value is -2.36. The minimum Gasteiger partial charge on any atom is -0.329 e. The molecule has 0 bridgehead atoms. The molecule has 0 N–H and O–H groups in total. The lowest BCUT2D eigenvalue weighted by Crippen LogP contribution is -2.30. The van der Waals surface area contributed by atoms with Gasteiger partial charge in [0.1, 0.15) is 5.82 Å². The van der Waals surface area contributed by atoms with Gasteiger partial charge in [0.05, 0.1) is 17.1 Å². The largest absolute Gasteiger partial charge is 0.329 e. The number of amides is 1. The summed E-state index contributed by atoms with van der Waals surface area (Å²) in [5.74, 6) is 1.08. The Bertz CT molecular complexity index is 757. The van der Waals surface area contributed by atoms with Gasteiger partial charge in [-0.15, -0.1) is 0 Å². The average Bonchev–Trinajstić information content (AvgIpc) is 3.18. The third-order valence-corrected chi connectivity index (χ3v) is 4.38. The smallest absolute Gasteiger partial charge is 0.247 e. The van der Waals surface area contributed by atoms with E-state index in [-0.39, 0.29) is 11.9 Å². The molecular weight excluding hydrogens is 286 g/mol. The number of para-hydroxylation sites is 2. The van der Waals surface area contributed by atoms with E-state index >= 15 is 0 Å². The fraction of sp³-hybridized carbons (Fsp3) is 0.368. The number of rotatable bonds is 4. The van der Waals surface area contributed by atoms with Gasteiger partial charge < -0.3 is 9.47 Å². The zero-order chi connectivity index (χ0) is 16.2. The first kappa shape index (κ1) is 15.5. The molecule has 1 aliphatic rings. The SMILES string of the molecule is C/C=C/C=C/C(=O)N1CCC[C@H]1c1nc2ccccc2n1CC. The zero-order valence-electron chi connectivity index (χ0n) is 13.8. The number of aromatic nitrogens is 2. The van der Waals surface area contributed by atoms with Gasteiger partial charge in [-0.3, -0.25) is 4.79 Å². The number of nitrogens with zero attached hydrogens (tertiary/aromatic N) is 3. The minimum absolute atomic E-state index is 0.0697. The molecule has 1 atom stereocenters. The van der Waals surface area contributed by atoms with E-state index in [1.807, 2.05) is 42.2 Å². The van der Waals surface area contributed by atoms with Crippen LogP contribution in [0.4, 0.5) is 0 Å². The Kier molecular flexibility index (Phi) is 4.60. The molecule has 1 aromatic heterocycles. The molecule has 1 saturated heterocycles. The van der Waals surface area contributed by atoms with Gasteiger partial charge in [0.15, 0.2) is 0 Å². The lowest BCUT2D eigenvalue weighted by molar-refractivity contribution is -0.127. The van der Waals surface area contributed by atoms with Crippen LogP contribution in [0, 0.1) is 0 Å². The van der Waals surface area contributed by atoms with Crippen LogP contribution in [0.5, 0.6) is 0 Å². The number of imidazole rings is 1. The van der Waals surface area contributed by atoms with Crippen molar-refractivity contribution in [3.05, 3.63) is 54.4 Å². The number of allylic oxidation sites excluding steroid dienone is 3. The highest BCUT2D eigenvalue weighted by atomic mass is 16.2. The van der Waals surface area contributed by atoms with Gasteiger partial charge in [-0.2, -0.15) is 0 Å². The van der Waals surface area contributed by atoms with Crippen molar-refractivity contribution in [1.29, 1.82) is 0 Å². The van der Waals surface area contributed by atoms with Crippen LogP contribution in [0.2, 0.25) is 0 Å². The molecule has 0 saturated carbocycles. The second kappa shape index (κ2) is 6.82. The number of hydrogen-bond donors (Lipinski definition) is 0. The van der Waals surface area contributed by atoms with Gasteiger partial charge in [-0.05, 0) is 38.8 Å². The first-order valence-electron chi connectivity index (χ1n) is 8.31. The molecule has 23 heavy (non-hydrogen) atoms. The van der Waals surface area contributed by atoms with Crippen molar-refractivity contribution in [2.45, 2.75) is 39.3 Å². The molecule has 2 heterocycles. The Morgan fingerprint density at radius 3 is 2.96 bits per heavy atom. The molecule has 2 aromatic rings. The number of carbonyl (C=O) groups excluding carboxylic acids is 1. The van der Waals surface area contributed by atoms with E-state index < -0.39 is 0 Å². The van der Waals surface area contributed by atoms with Gasteiger partial charge >= 0.3 is 0 Å². The second-order valence-corrected chi connectivity index (χ2v) is 5.78. The first-order valence-corrected chi connectivity index (χ1v) is 8.31. The average molecular weight is 309 g/mol. The molecule has 3 rings (SSSR count). The van der Waals surface area contributed by atoms with Crippen LogP contribution in [0.3, 0.4) is 0 Å². The van der Waals surface area contributed by atoms with Crippen LogP contribution >= 0.6 is 0 Å². The molecule has 1 fully saturated rings. The molecule has 1 aliphatic heterocycles. The predicted octanol–water partition coefficient (Wildman–Crippen LogP) is 3.85. The highest BCUT2D eigenvalue weighted by molar-refractivity contribution is 5.88. The standard InChI is InChI=1S/C19H23N3O/c1-3-5-6-13-18(23)22-14-9-12-17(22)19-20-15-10-7-8-11-16(15)21(19)4-2/h3,5-8,10-11,13,17H,4,9,12,14H2,1-2H3/b5-3+,13-6+/t17-/m0/s1. The van der Waals surface area contributed by atoms with Crippen LogP contribution in [-0.2, 0) is 11.3 Å². The summed E-state index contributed by atoms with van der Waals surface area (Å²) in [4.78, 5) is 19.3. The number of carbonyl (C=O) groups is 1. The Morgan fingerprint density at radius 2 is 2.17 bits per heavy atom. The third-order valence-electron chi connectivity index (χ3n) is 4.38. The van der Waals surface area contributed by atoms with Crippen LogP contribution in [-0.4, -0.2) is 26.9 Å². The summed E-state index contributed by atoms with van der Waals surface area (Å²) in [6.07, 6.45) is 9.26. The highest BCUT2D eigenvalue weighted by Gasteiger charge is 2.32. The van der Waals surface area contributed by atoms with Gasteiger partial charge in [0.2, 0.25) is 5.91 Å². The summed E-state index contributed by atoms with van der Waals surface area (Å²) in [6, 6.07) is 8.26. The van der Waals surface area contributed by atoms with Crippen molar-refractivity contribution in [3.63, 3.8) is 0 Å². The molecule has 0 unspecified atom stereocenters. The van der Waals surface area contributed by atoms with Crippen LogP contribution < -0.4 is 0 Å². The molecule has 1 amide bonds. The predicted molar refractivity (Wildman–Crippen MR) is 93.0 cm³/mol. The van der Waals surface area contributed by atoms with E-state index in [1.165, 1.54) is 0 Å². The fourth-order valence-electron chi connectivity index (χ4n) is 3.32. The van der Waals surface area contributed by atoms with Crippen molar-refractivity contribution < 1.29 is 4.79 Å². The molecule has 4 nitrogen and oxygen atoms in total. The van der Waals surface area contributed by atoms with Crippen LogP contribution in [0.15, 0.2) is 48.6 Å². The second-order valence-electron chi connectivity index (χ2n) is 5.78. The van der Waals surface area contributed by atoms with Gasteiger partial charge in [0.25, 0.3) is 0 Å². The van der Waals surface area contributed by atoms with E-state index in [9.17, 15) is 4.79 Å². The maximum Gasteiger partial charge on any atom is 0.247 e. The molecular formula is C19H23N3O. The highest BCUT2D eigenvalue weighted by Crippen LogP contribution is 2.33. The lowest BCUT2D eigenvalue weighted by atomic mass is 10.2. The van der Waals surface area contributed by atoms with E-state index in [0.29, 0.717) is 0 Å². The number of benzene rings is 1. The summed E-state index contributed by atoms with van der Waals surface area (Å²) < 4.78 is 2.24. The fourth-order valence-corrected chi connectivity index (χ4v) is 3.32. The molecule has 0 spiro atoms. The topological polar surface area (TPSA) is 38.1 Å². The van der Waals surface area contributed by atoms with Crippen molar-refractivity contribution in [2.24, 2.45) is 0 Å². The van der Waals surface area contributed by atoms with Gasteiger partial charge in [-0.1, -0.05) is 30.4 Å². The Morgan fingerprint density at radius 1 is 1.35 bits per heavy atom. The van der Waals surface area contributed by atoms with Gasteiger partial charge in [-0.25, -0.2) is 4.98 Å². The number of aryl methyl sites for hydroxylation is 1. The minimum atomic E-state index is 0.0697. The van der Waals surface area contributed by atoms with Crippen molar-refractivity contribution in [1.82, 2.24) is 14.5 Å². The molecule has 1 aromatic carbocycles. The maximum absolute atomic E-state index is 12.5. The van der Waals surface area contributed by atoms with E-state index in [0.717, 1.165) is 42.8 Å². The summed E-state index contributed by atoms with van der Waals surface area (Å²) in [5.41, 5.74) is 2.15. The van der Waals surface area contributed by atoms with E-state index in [4.69, 9.17) is 4.98 Å². The van der Waals surface area contributed by atoms with Crippen LogP contribution in [0.1, 0.15) is 38.6 Å². The van der Waals surface area contributed by atoms with E-state index in [1.54, 1.807) is 12.2 Å². The number of fused-ring (bicyclic) bond motifs is 1. The summed E-state index contributed by atoms with van der Waals surface area (Å²) in [6.45, 7) is 5.74. The summed E-state index contributed by atoms with van der Waals surface area (Å²) >= 11 is 0. The summed E-state index contributed by atoms with van der Waals surface area (Å²) in [5, 5.41) is 0. The first-order chi connectivity index (χ1) is 11.3. The molecule has 120 valence electrons. The number of likely N-dealkylation sites (tertiary alicyclic amines) is 1. The maximum atomic E-state index is 12.5. The molecule has 0 aliphatic carbocycles. The van der Waals surface area contributed by atoms with Gasteiger partial charge in [0, 0.05) is 19.2 Å². The molecule has 0 radical (unpaired) electrons. The molecule has 4 heteroatoms. The van der Waals surface area contributed by atoms with Crippen molar-refractivity contribution >= 4 is 16.9 Å².